The van der Waals surface area contributed by atoms with E-state index in [1.807, 2.05) is 18.2 Å². The van der Waals surface area contributed by atoms with E-state index in [2.05, 4.69) is 17.4 Å². The average molecular weight is 270 g/mol. The molecule has 2 atom stereocenters. The number of rotatable bonds is 3. The van der Waals surface area contributed by atoms with Crippen LogP contribution < -0.4 is 11.1 Å². The monoisotopic (exact) mass is 270 g/mol. The first-order valence-electron chi connectivity index (χ1n) is 7.06. The van der Waals surface area contributed by atoms with Gasteiger partial charge in [0.1, 0.15) is 5.82 Å². The lowest BCUT2D eigenvalue weighted by atomic mass is 9.97. The summed E-state index contributed by atoms with van der Waals surface area (Å²) in [6.07, 6.45) is 1.96. The predicted octanol–water partition coefficient (Wildman–Crippen LogP) is 2.72. The lowest BCUT2D eigenvalue weighted by molar-refractivity contribution is 0.539. The molecule has 0 aliphatic carbocycles. The Bertz CT molecular complexity index is 597. The molecule has 2 aromatic rings. The maximum Gasteiger partial charge on any atom is 0.123 e. The van der Waals surface area contributed by atoms with E-state index in [1.54, 1.807) is 12.1 Å². The van der Waals surface area contributed by atoms with Gasteiger partial charge in [-0.05, 0) is 48.2 Å². The fraction of sp³-hybridized carbons (Fsp3) is 0.294. The van der Waals surface area contributed by atoms with Crippen molar-refractivity contribution in [3.63, 3.8) is 0 Å². The highest BCUT2D eigenvalue weighted by molar-refractivity contribution is 5.64. The van der Waals surface area contributed by atoms with Crippen LogP contribution in [-0.4, -0.2) is 18.6 Å². The number of benzene rings is 2. The van der Waals surface area contributed by atoms with Gasteiger partial charge in [0, 0.05) is 12.1 Å². The van der Waals surface area contributed by atoms with Crippen LogP contribution in [0.4, 0.5) is 4.39 Å². The summed E-state index contributed by atoms with van der Waals surface area (Å²) in [7, 11) is 0. The molecule has 0 aromatic heterocycles. The number of nitrogens with one attached hydrogen (secondary N) is 1. The Hall–Kier alpha value is -1.71. The van der Waals surface area contributed by atoms with Crippen LogP contribution in [0.2, 0.25) is 0 Å². The lowest BCUT2D eigenvalue weighted by Gasteiger charge is -2.16. The minimum atomic E-state index is -0.201. The van der Waals surface area contributed by atoms with Crippen molar-refractivity contribution in [3.8, 4) is 11.1 Å². The Morgan fingerprint density at radius 1 is 1.10 bits per heavy atom. The molecule has 0 saturated carbocycles. The molecule has 20 heavy (non-hydrogen) atoms. The van der Waals surface area contributed by atoms with Crippen LogP contribution in [0, 0.1) is 5.82 Å². The van der Waals surface area contributed by atoms with E-state index >= 15 is 0 Å². The van der Waals surface area contributed by atoms with Crippen LogP contribution in [0.3, 0.4) is 0 Å². The number of nitrogens with two attached hydrogens (primary N) is 1. The highest BCUT2D eigenvalue weighted by atomic mass is 19.1. The van der Waals surface area contributed by atoms with Crippen molar-refractivity contribution < 1.29 is 4.39 Å². The molecular weight excluding hydrogens is 251 g/mol. The second-order valence-electron chi connectivity index (χ2n) is 5.43. The van der Waals surface area contributed by atoms with E-state index in [1.165, 1.54) is 11.6 Å². The minimum absolute atomic E-state index is 0.201. The summed E-state index contributed by atoms with van der Waals surface area (Å²) in [6, 6.07) is 15.6. The first-order chi connectivity index (χ1) is 9.72. The largest absolute Gasteiger partial charge is 0.326 e. The average Bonchev–Trinajstić information content (AvgIpc) is 2.85. The molecule has 0 radical (unpaired) electrons. The van der Waals surface area contributed by atoms with E-state index in [-0.39, 0.29) is 11.9 Å². The lowest BCUT2D eigenvalue weighted by Crippen LogP contribution is -2.37. The zero-order chi connectivity index (χ0) is 13.9. The van der Waals surface area contributed by atoms with Crippen molar-refractivity contribution in [1.82, 2.24) is 5.32 Å². The zero-order valence-electron chi connectivity index (χ0n) is 11.4. The Kier molecular flexibility index (Phi) is 3.81. The van der Waals surface area contributed by atoms with Gasteiger partial charge in [-0.3, -0.25) is 0 Å². The Morgan fingerprint density at radius 2 is 1.85 bits per heavy atom. The zero-order valence-corrected chi connectivity index (χ0v) is 11.4. The Balaban J connectivity index is 1.82. The molecule has 3 N–H and O–H groups in total. The summed E-state index contributed by atoms with van der Waals surface area (Å²) in [5, 5.41) is 3.44. The Morgan fingerprint density at radius 3 is 2.55 bits per heavy atom. The van der Waals surface area contributed by atoms with Gasteiger partial charge in [0.05, 0.1) is 0 Å². The molecule has 1 saturated heterocycles. The van der Waals surface area contributed by atoms with Gasteiger partial charge in [-0.1, -0.05) is 36.4 Å². The van der Waals surface area contributed by atoms with Gasteiger partial charge in [-0.2, -0.15) is 0 Å². The summed E-state index contributed by atoms with van der Waals surface area (Å²) >= 11 is 0. The quantitative estimate of drug-likeness (QED) is 0.900. The maximum absolute atomic E-state index is 13.3. The summed E-state index contributed by atoms with van der Waals surface area (Å²) < 4.78 is 13.3. The van der Waals surface area contributed by atoms with Crippen LogP contribution in [0.1, 0.15) is 12.0 Å². The molecule has 0 bridgehead atoms. The topological polar surface area (TPSA) is 38.0 Å². The normalized spacial score (nSPS) is 22.1. The smallest absolute Gasteiger partial charge is 0.123 e. The molecule has 2 aromatic carbocycles. The highest BCUT2D eigenvalue weighted by Crippen LogP contribution is 2.22. The SMILES string of the molecule is NC1CCNC1Cc1cccc(-c2cccc(F)c2)c1. The van der Waals surface area contributed by atoms with Crippen molar-refractivity contribution in [2.45, 2.75) is 24.9 Å². The fourth-order valence-corrected chi connectivity index (χ4v) is 2.81. The summed E-state index contributed by atoms with van der Waals surface area (Å²) in [5.74, 6) is -0.201. The van der Waals surface area contributed by atoms with Crippen LogP contribution in [0.15, 0.2) is 48.5 Å². The van der Waals surface area contributed by atoms with E-state index in [0.29, 0.717) is 6.04 Å². The van der Waals surface area contributed by atoms with Gasteiger partial charge >= 0.3 is 0 Å². The molecule has 1 aliphatic rings. The molecule has 0 spiro atoms. The number of halogens is 1. The number of hydrogen-bond acceptors (Lipinski definition) is 2. The standard InChI is InChI=1S/C17H19FN2/c18-15-6-2-5-14(11-15)13-4-1-3-12(9-13)10-17-16(19)7-8-20-17/h1-6,9,11,16-17,20H,7-8,10,19H2. The molecule has 1 heterocycles. The predicted molar refractivity (Wildman–Crippen MR) is 79.9 cm³/mol. The van der Waals surface area contributed by atoms with Crippen molar-refractivity contribution in [2.75, 3.05) is 6.54 Å². The van der Waals surface area contributed by atoms with Crippen LogP contribution in [0.5, 0.6) is 0 Å². The second kappa shape index (κ2) is 5.73. The van der Waals surface area contributed by atoms with Gasteiger partial charge in [0.2, 0.25) is 0 Å². The van der Waals surface area contributed by atoms with Crippen molar-refractivity contribution >= 4 is 0 Å². The minimum Gasteiger partial charge on any atom is -0.326 e. The fourth-order valence-electron chi connectivity index (χ4n) is 2.81. The van der Waals surface area contributed by atoms with Gasteiger partial charge < -0.3 is 11.1 Å². The van der Waals surface area contributed by atoms with E-state index in [0.717, 1.165) is 30.5 Å². The molecule has 1 aliphatic heterocycles. The molecule has 2 unspecified atom stereocenters. The van der Waals surface area contributed by atoms with Gasteiger partial charge in [0.15, 0.2) is 0 Å². The summed E-state index contributed by atoms with van der Waals surface area (Å²) in [5.41, 5.74) is 9.28. The van der Waals surface area contributed by atoms with Gasteiger partial charge in [0.25, 0.3) is 0 Å². The third kappa shape index (κ3) is 2.89. The van der Waals surface area contributed by atoms with Gasteiger partial charge in [-0.25, -0.2) is 4.39 Å². The van der Waals surface area contributed by atoms with Crippen molar-refractivity contribution in [1.29, 1.82) is 0 Å². The van der Waals surface area contributed by atoms with Crippen LogP contribution in [-0.2, 0) is 6.42 Å². The third-order valence-corrected chi connectivity index (χ3v) is 3.94. The molecule has 3 heteroatoms. The maximum atomic E-state index is 13.3. The Labute approximate surface area is 118 Å². The molecule has 2 nitrogen and oxygen atoms in total. The van der Waals surface area contributed by atoms with Crippen molar-refractivity contribution in [3.05, 3.63) is 59.9 Å². The van der Waals surface area contributed by atoms with E-state index in [4.69, 9.17) is 5.73 Å². The molecule has 0 amide bonds. The molecule has 104 valence electrons. The first kappa shape index (κ1) is 13.3. The summed E-state index contributed by atoms with van der Waals surface area (Å²) in [4.78, 5) is 0. The van der Waals surface area contributed by atoms with E-state index in [9.17, 15) is 4.39 Å². The molecular formula is C17H19FN2. The van der Waals surface area contributed by atoms with E-state index < -0.39 is 0 Å². The first-order valence-corrected chi connectivity index (χ1v) is 7.06. The molecule has 3 rings (SSSR count). The van der Waals surface area contributed by atoms with Gasteiger partial charge in [-0.15, -0.1) is 0 Å². The summed E-state index contributed by atoms with van der Waals surface area (Å²) in [6.45, 7) is 0.995. The third-order valence-electron chi connectivity index (χ3n) is 3.94. The van der Waals surface area contributed by atoms with Crippen LogP contribution in [0.25, 0.3) is 11.1 Å². The van der Waals surface area contributed by atoms with Crippen LogP contribution >= 0.6 is 0 Å². The number of hydrogen-bond donors (Lipinski definition) is 2. The second-order valence-corrected chi connectivity index (χ2v) is 5.43. The van der Waals surface area contributed by atoms with Crippen molar-refractivity contribution in [2.24, 2.45) is 5.73 Å². The highest BCUT2D eigenvalue weighted by Gasteiger charge is 2.23. The molecule has 1 fully saturated rings.